The first-order valence-corrected chi connectivity index (χ1v) is 11.0. The number of nitrogens with zero attached hydrogens (tertiary/aromatic N) is 4. The molecule has 0 aliphatic heterocycles. The summed E-state index contributed by atoms with van der Waals surface area (Å²) >= 11 is 7.40. The van der Waals surface area contributed by atoms with Crippen molar-refractivity contribution in [1.82, 2.24) is 20.0 Å². The number of fused-ring (bicyclic) bond motifs is 1. The Bertz CT molecular complexity index is 1220. The third-order valence-corrected chi connectivity index (χ3v) is 5.86. The maximum Gasteiger partial charge on any atom is 0.250 e. The Hall–Kier alpha value is -3.16. The molecule has 0 unspecified atom stereocenters. The standard InChI is InChI=1S/C23H20ClN5OS/c1-16(18-5-4-12-25-13-18)27-28-22(30)15-31-23-26-20-6-2-3-7-21(20)29(23)14-17-8-10-19(24)11-9-17/h2-13H,14-15H2,1H3,(H,28,30)/b27-16+. The summed E-state index contributed by atoms with van der Waals surface area (Å²) in [6.07, 6.45) is 3.40. The highest BCUT2D eigenvalue weighted by Crippen LogP contribution is 2.25. The van der Waals surface area contributed by atoms with Gasteiger partial charge in [-0.05, 0) is 42.8 Å². The number of amides is 1. The van der Waals surface area contributed by atoms with E-state index in [1.807, 2.05) is 67.6 Å². The molecule has 0 atom stereocenters. The van der Waals surface area contributed by atoms with Gasteiger partial charge in [-0.2, -0.15) is 5.10 Å². The summed E-state index contributed by atoms with van der Waals surface area (Å²) in [4.78, 5) is 21.1. The number of aromatic nitrogens is 3. The Labute approximate surface area is 189 Å². The molecule has 2 aromatic carbocycles. The van der Waals surface area contributed by atoms with Gasteiger partial charge in [-0.15, -0.1) is 0 Å². The predicted octanol–water partition coefficient (Wildman–Crippen LogP) is 4.77. The number of hydrogen-bond donors (Lipinski definition) is 1. The maximum absolute atomic E-state index is 12.4. The lowest BCUT2D eigenvalue weighted by Gasteiger charge is -2.09. The van der Waals surface area contributed by atoms with E-state index < -0.39 is 0 Å². The SMILES string of the molecule is C/C(=N\NC(=O)CSc1nc2ccccc2n1Cc1ccc(Cl)cc1)c1cccnc1. The van der Waals surface area contributed by atoms with Crippen LogP contribution in [0.4, 0.5) is 0 Å². The summed E-state index contributed by atoms with van der Waals surface area (Å²) in [6, 6.07) is 19.4. The van der Waals surface area contributed by atoms with Gasteiger partial charge in [0, 0.05) is 23.0 Å². The van der Waals surface area contributed by atoms with Crippen LogP contribution in [-0.2, 0) is 11.3 Å². The van der Waals surface area contributed by atoms with Gasteiger partial charge in [-0.1, -0.05) is 53.7 Å². The number of carbonyl (C=O) groups is 1. The van der Waals surface area contributed by atoms with Crippen LogP contribution in [0.5, 0.6) is 0 Å². The second-order valence-electron chi connectivity index (χ2n) is 6.86. The normalized spacial score (nSPS) is 11.6. The molecule has 0 spiro atoms. The number of carbonyl (C=O) groups excluding carboxylic acids is 1. The molecule has 0 aliphatic carbocycles. The van der Waals surface area contributed by atoms with Crippen molar-refractivity contribution in [2.75, 3.05) is 5.75 Å². The summed E-state index contributed by atoms with van der Waals surface area (Å²) in [5.41, 5.74) is 7.19. The predicted molar refractivity (Wildman–Crippen MR) is 126 cm³/mol. The first-order chi connectivity index (χ1) is 15.1. The van der Waals surface area contributed by atoms with Crippen molar-refractivity contribution >= 4 is 46.0 Å². The van der Waals surface area contributed by atoms with Gasteiger partial charge in [-0.25, -0.2) is 10.4 Å². The lowest BCUT2D eigenvalue weighted by molar-refractivity contribution is -0.118. The molecule has 6 nitrogen and oxygen atoms in total. The number of para-hydroxylation sites is 2. The number of nitrogens with one attached hydrogen (secondary N) is 1. The van der Waals surface area contributed by atoms with Crippen molar-refractivity contribution in [1.29, 1.82) is 0 Å². The van der Waals surface area contributed by atoms with E-state index in [9.17, 15) is 4.79 Å². The van der Waals surface area contributed by atoms with Gasteiger partial charge in [0.2, 0.25) is 0 Å². The van der Waals surface area contributed by atoms with Gasteiger partial charge in [0.15, 0.2) is 5.16 Å². The van der Waals surface area contributed by atoms with E-state index in [2.05, 4.69) is 20.1 Å². The highest BCUT2D eigenvalue weighted by Gasteiger charge is 2.13. The molecule has 4 aromatic rings. The highest BCUT2D eigenvalue weighted by atomic mass is 35.5. The Balaban J connectivity index is 1.47. The van der Waals surface area contributed by atoms with Crippen LogP contribution in [0.2, 0.25) is 5.02 Å². The first-order valence-electron chi connectivity index (χ1n) is 9.66. The number of hydrazone groups is 1. The molecular formula is C23H20ClN5OS. The Morgan fingerprint density at radius 2 is 1.94 bits per heavy atom. The molecule has 0 radical (unpaired) electrons. The number of halogens is 1. The van der Waals surface area contributed by atoms with Crippen molar-refractivity contribution in [2.45, 2.75) is 18.6 Å². The second kappa shape index (κ2) is 9.76. The van der Waals surface area contributed by atoms with Crippen molar-refractivity contribution in [3.05, 3.63) is 89.2 Å². The average molecular weight is 450 g/mol. The zero-order valence-corrected chi connectivity index (χ0v) is 18.4. The van der Waals surface area contributed by atoms with Crippen molar-refractivity contribution in [3.8, 4) is 0 Å². The van der Waals surface area contributed by atoms with E-state index in [1.54, 1.807) is 12.4 Å². The van der Waals surface area contributed by atoms with Crippen LogP contribution in [0.1, 0.15) is 18.1 Å². The molecule has 8 heteroatoms. The Morgan fingerprint density at radius 3 is 2.71 bits per heavy atom. The Morgan fingerprint density at radius 1 is 1.13 bits per heavy atom. The largest absolute Gasteiger partial charge is 0.314 e. The molecule has 1 N–H and O–H groups in total. The van der Waals surface area contributed by atoms with E-state index in [0.29, 0.717) is 17.3 Å². The van der Waals surface area contributed by atoms with E-state index in [-0.39, 0.29) is 11.7 Å². The molecule has 2 aromatic heterocycles. The minimum Gasteiger partial charge on any atom is -0.314 e. The van der Waals surface area contributed by atoms with E-state index in [4.69, 9.17) is 16.6 Å². The second-order valence-corrected chi connectivity index (χ2v) is 8.24. The summed E-state index contributed by atoms with van der Waals surface area (Å²) < 4.78 is 2.11. The first kappa shape index (κ1) is 21.1. The molecule has 0 saturated heterocycles. The number of benzene rings is 2. The molecular weight excluding hydrogens is 430 g/mol. The van der Waals surface area contributed by atoms with Crippen LogP contribution in [0.15, 0.2) is 83.3 Å². The summed E-state index contributed by atoms with van der Waals surface area (Å²) in [5.74, 6) is 0.00616. The average Bonchev–Trinajstić information content (AvgIpc) is 3.15. The summed E-state index contributed by atoms with van der Waals surface area (Å²) in [5, 5.41) is 5.65. The molecule has 0 saturated carbocycles. The number of hydrogen-bond acceptors (Lipinski definition) is 5. The number of imidazole rings is 1. The number of rotatable bonds is 7. The molecule has 0 fully saturated rings. The van der Waals surface area contributed by atoms with E-state index >= 15 is 0 Å². The van der Waals surface area contributed by atoms with E-state index in [1.165, 1.54) is 11.8 Å². The monoisotopic (exact) mass is 449 g/mol. The van der Waals surface area contributed by atoms with Crippen molar-refractivity contribution < 1.29 is 4.79 Å². The highest BCUT2D eigenvalue weighted by molar-refractivity contribution is 7.99. The molecule has 4 rings (SSSR count). The van der Waals surface area contributed by atoms with Crippen LogP contribution >= 0.6 is 23.4 Å². The van der Waals surface area contributed by atoms with Crippen LogP contribution in [0, 0.1) is 0 Å². The quantitative estimate of drug-likeness (QED) is 0.251. The van der Waals surface area contributed by atoms with Gasteiger partial charge >= 0.3 is 0 Å². The van der Waals surface area contributed by atoms with Gasteiger partial charge in [-0.3, -0.25) is 9.78 Å². The molecule has 2 heterocycles. The summed E-state index contributed by atoms with van der Waals surface area (Å²) in [7, 11) is 0. The molecule has 0 bridgehead atoms. The fourth-order valence-electron chi connectivity index (χ4n) is 3.04. The molecule has 156 valence electrons. The van der Waals surface area contributed by atoms with Crippen LogP contribution in [0.25, 0.3) is 11.0 Å². The van der Waals surface area contributed by atoms with Gasteiger partial charge < -0.3 is 4.57 Å². The molecule has 0 aliphatic rings. The minimum atomic E-state index is -0.196. The smallest absolute Gasteiger partial charge is 0.250 e. The van der Waals surface area contributed by atoms with Crippen LogP contribution in [-0.4, -0.2) is 31.9 Å². The lowest BCUT2D eigenvalue weighted by atomic mass is 10.2. The van der Waals surface area contributed by atoms with Gasteiger partial charge in [0.25, 0.3) is 5.91 Å². The molecule has 1 amide bonds. The van der Waals surface area contributed by atoms with Crippen LogP contribution < -0.4 is 5.43 Å². The fraction of sp³-hybridized carbons (Fsp3) is 0.130. The third-order valence-electron chi connectivity index (χ3n) is 4.63. The topological polar surface area (TPSA) is 72.2 Å². The van der Waals surface area contributed by atoms with Crippen molar-refractivity contribution in [2.24, 2.45) is 5.10 Å². The number of thioether (sulfide) groups is 1. The Kier molecular flexibility index (Phi) is 6.64. The summed E-state index contributed by atoms with van der Waals surface area (Å²) in [6.45, 7) is 2.47. The van der Waals surface area contributed by atoms with Crippen LogP contribution in [0.3, 0.4) is 0 Å². The van der Waals surface area contributed by atoms with Crippen molar-refractivity contribution in [3.63, 3.8) is 0 Å². The van der Waals surface area contributed by atoms with E-state index in [0.717, 1.165) is 27.3 Å². The lowest BCUT2D eigenvalue weighted by Crippen LogP contribution is -2.21. The fourth-order valence-corrected chi connectivity index (χ4v) is 3.97. The molecule has 31 heavy (non-hydrogen) atoms. The zero-order valence-electron chi connectivity index (χ0n) is 16.8. The third kappa shape index (κ3) is 5.31. The maximum atomic E-state index is 12.4. The zero-order chi connectivity index (χ0) is 21.6. The number of pyridine rings is 1. The minimum absolute atomic E-state index is 0.196. The van der Waals surface area contributed by atoms with Gasteiger partial charge in [0.1, 0.15) is 0 Å². The van der Waals surface area contributed by atoms with Gasteiger partial charge in [0.05, 0.1) is 29.0 Å².